The lowest BCUT2D eigenvalue weighted by Gasteiger charge is -2.12. The zero-order valence-corrected chi connectivity index (χ0v) is 8.10. The van der Waals surface area contributed by atoms with Crippen molar-refractivity contribution in [3.63, 3.8) is 0 Å². The number of benzene rings is 1. The smallest absolute Gasteiger partial charge is 0.478 e. The summed E-state index contributed by atoms with van der Waals surface area (Å²) in [6.07, 6.45) is -5.02. The van der Waals surface area contributed by atoms with E-state index in [0.717, 1.165) is 6.07 Å². The standard InChI is InChI=1S/C8H6BF3O5/c10-8(11,12)17-6-2-1-4(9(15)16)3-5(6)7(13)14/h1-3,15-16H,(H,13,14). The lowest BCUT2D eigenvalue weighted by atomic mass is 9.79. The van der Waals surface area contributed by atoms with E-state index in [9.17, 15) is 18.0 Å². The van der Waals surface area contributed by atoms with E-state index in [1.54, 1.807) is 0 Å². The highest BCUT2D eigenvalue weighted by Crippen LogP contribution is 2.25. The largest absolute Gasteiger partial charge is 0.573 e. The van der Waals surface area contributed by atoms with Crippen LogP contribution in [0.25, 0.3) is 0 Å². The monoisotopic (exact) mass is 250 g/mol. The van der Waals surface area contributed by atoms with E-state index in [-0.39, 0.29) is 5.46 Å². The Bertz CT molecular complexity index is 432. The molecule has 0 aliphatic rings. The Kier molecular flexibility index (Phi) is 3.64. The van der Waals surface area contributed by atoms with Crippen molar-refractivity contribution < 1.29 is 37.9 Å². The predicted octanol–water partition coefficient (Wildman–Crippen LogP) is -0.0368. The molecule has 92 valence electrons. The molecule has 1 aromatic carbocycles. The van der Waals surface area contributed by atoms with Crippen molar-refractivity contribution in [3.05, 3.63) is 23.8 Å². The molecule has 0 aromatic heterocycles. The van der Waals surface area contributed by atoms with Gasteiger partial charge in [-0.05, 0) is 17.6 Å². The lowest BCUT2D eigenvalue weighted by molar-refractivity contribution is -0.274. The van der Waals surface area contributed by atoms with Crippen LogP contribution in [-0.2, 0) is 0 Å². The van der Waals surface area contributed by atoms with Crippen molar-refractivity contribution in [3.8, 4) is 5.75 Å². The highest BCUT2D eigenvalue weighted by Gasteiger charge is 2.33. The second kappa shape index (κ2) is 4.64. The van der Waals surface area contributed by atoms with Crippen molar-refractivity contribution in [2.75, 3.05) is 0 Å². The summed E-state index contributed by atoms with van der Waals surface area (Å²) in [5.74, 6) is -2.60. The van der Waals surface area contributed by atoms with E-state index in [1.165, 1.54) is 0 Å². The quantitative estimate of drug-likeness (QED) is 0.655. The number of halogens is 3. The Morgan fingerprint density at radius 3 is 2.29 bits per heavy atom. The van der Waals surface area contributed by atoms with Gasteiger partial charge in [0.1, 0.15) is 11.3 Å². The topological polar surface area (TPSA) is 87.0 Å². The molecule has 1 aromatic rings. The third-order valence-electron chi connectivity index (χ3n) is 1.76. The number of ether oxygens (including phenoxy) is 1. The van der Waals surface area contributed by atoms with Gasteiger partial charge >= 0.3 is 19.5 Å². The van der Waals surface area contributed by atoms with Gasteiger partial charge in [0.25, 0.3) is 0 Å². The molecule has 0 aliphatic carbocycles. The number of carboxylic acids is 1. The molecule has 0 spiro atoms. The molecular formula is C8H6BF3O5. The Morgan fingerprint density at radius 1 is 1.29 bits per heavy atom. The van der Waals surface area contributed by atoms with E-state index in [0.29, 0.717) is 12.1 Å². The summed E-state index contributed by atoms with van der Waals surface area (Å²) < 4.78 is 39.3. The molecule has 5 nitrogen and oxygen atoms in total. The normalized spacial score (nSPS) is 11.1. The van der Waals surface area contributed by atoms with Crippen LogP contribution in [0.4, 0.5) is 13.2 Å². The van der Waals surface area contributed by atoms with Crippen LogP contribution in [0.5, 0.6) is 5.75 Å². The summed E-state index contributed by atoms with van der Waals surface area (Å²) in [4.78, 5) is 10.7. The van der Waals surface area contributed by atoms with Gasteiger partial charge in [0, 0.05) is 0 Å². The van der Waals surface area contributed by atoms with E-state index >= 15 is 0 Å². The van der Waals surface area contributed by atoms with Gasteiger partial charge in [0.2, 0.25) is 0 Å². The maximum Gasteiger partial charge on any atom is 0.573 e. The molecule has 0 aliphatic heterocycles. The Balaban J connectivity index is 3.18. The number of aromatic carboxylic acids is 1. The maximum absolute atomic E-state index is 11.9. The van der Waals surface area contributed by atoms with Crippen molar-refractivity contribution in [1.82, 2.24) is 0 Å². The fraction of sp³-hybridized carbons (Fsp3) is 0.125. The van der Waals surface area contributed by atoms with Gasteiger partial charge in [-0.2, -0.15) is 0 Å². The van der Waals surface area contributed by atoms with Gasteiger partial charge in [-0.15, -0.1) is 13.2 Å². The first-order chi connectivity index (χ1) is 7.70. The summed E-state index contributed by atoms with van der Waals surface area (Å²) in [6.45, 7) is 0. The molecule has 9 heteroatoms. The molecule has 0 atom stereocenters. The summed E-state index contributed by atoms with van der Waals surface area (Å²) in [5.41, 5.74) is -1.06. The number of hydrogen-bond acceptors (Lipinski definition) is 4. The van der Waals surface area contributed by atoms with Crippen LogP contribution in [0.2, 0.25) is 0 Å². The number of hydrogen-bond donors (Lipinski definition) is 3. The van der Waals surface area contributed by atoms with Crippen LogP contribution in [0.15, 0.2) is 18.2 Å². The van der Waals surface area contributed by atoms with Gasteiger partial charge < -0.3 is 19.9 Å². The van der Waals surface area contributed by atoms with Gasteiger partial charge in [0.05, 0.1) is 0 Å². The van der Waals surface area contributed by atoms with Crippen LogP contribution in [0, 0.1) is 0 Å². The number of carbonyl (C=O) groups is 1. The van der Waals surface area contributed by atoms with Crippen LogP contribution >= 0.6 is 0 Å². The van der Waals surface area contributed by atoms with Gasteiger partial charge in [0.15, 0.2) is 0 Å². The van der Waals surface area contributed by atoms with Gasteiger partial charge in [-0.25, -0.2) is 4.79 Å². The third-order valence-corrected chi connectivity index (χ3v) is 1.76. The molecule has 17 heavy (non-hydrogen) atoms. The molecule has 0 bridgehead atoms. The Hall–Kier alpha value is -1.74. The minimum absolute atomic E-state index is 0.253. The molecule has 3 N–H and O–H groups in total. The van der Waals surface area contributed by atoms with Crippen molar-refractivity contribution in [1.29, 1.82) is 0 Å². The average molecular weight is 250 g/mol. The SMILES string of the molecule is O=C(O)c1cc(B(O)O)ccc1OC(F)(F)F. The first-order valence-electron chi connectivity index (χ1n) is 4.20. The van der Waals surface area contributed by atoms with Crippen LogP contribution < -0.4 is 10.2 Å². The Labute approximate surface area is 93.2 Å². The highest BCUT2D eigenvalue weighted by atomic mass is 19.4. The minimum Gasteiger partial charge on any atom is -0.478 e. The first-order valence-corrected chi connectivity index (χ1v) is 4.20. The highest BCUT2D eigenvalue weighted by molar-refractivity contribution is 6.58. The molecule has 0 unspecified atom stereocenters. The van der Waals surface area contributed by atoms with Crippen LogP contribution in [0.1, 0.15) is 10.4 Å². The third kappa shape index (κ3) is 3.64. The summed E-state index contributed by atoms with van der Waals surface area (Å²) in [7, 11) is -1.98. The predicted molar refractivity (Wildman–Crippen MR) is 49.9 cm³/mol. The second-order valence-electron chi connectivity index (χ2n) is 2.98. The van der Waals surface area contributed by atoms with Crippen LogP contribution in [0.3, 0.4) is 0 Å². The first kappa shape index (κ1) is 13.3. The van der Waals surface area contributed by atoms with Crippen LogP contribution in [-0.4, -0.2) is 34.6 Å². The average Bonchev–Trinajstić information content (AvgIpc) is 2.14. The number of carboxylic acid groups (broad SMARTS) is 1. The van der Waals surface area contributed by atoms with E-state index < -0.39 is 30.8 Å². The fourth-order valence-corrected chi connectivity index (χ4v) is 1.09. The van der Waals surface area contributed by atoms with Gasteiger partial charge in [-0.3, -0.25) is 0 Å². The molecule has 0 amide bonds. The molecule has 0 fully saturated rings. The second-order valence-corrected chi connectivity index (χ2v) is 2.98. The van der Waals surface area contributed by atoms with Gasteiger partial charge in [-0.1, -0.05) is 6.07 Å². The summed E-state index contributed by atoms with van der Waals surface area (Å²) in [5, 5.41) is 26.2. The number of alkyl halides is 3. The summed E-state index contributed by atoms with van der Waals surface area (Å²) >= 11 is 0. The Morgan fingerprint density at radius 2 is 1.88 bits per heavy atom. The van der Waals surface area contributed by atoms with E-state index in [4.69, 9.17) is 15.2 Å². The maximum atomic E-state index is 11.9. The van der Waals surface area contributed by atoms with E-state index in [1.807, 2.05) is 0 Å². The summed E-state index contributed by atoms with van der Waals surface area (Å²) in [6, 6.07) is 2.30. The molecule has 0 saturated heterocycles. The lowest BCUT2D eigenvalue weighted by Crippen LogP contribution is -2.31. The van der Waals surface area contributed by atoms with E-state index in [2.05, 4.69) is 4.74 Å². The molecule has 0 saturated carbocycles. The minimum atomic E-state index is -5.02. The van der Waals surface area contributed by atoms with Crippen molar-refractivity contribution >= 4 is 18.6 Å². The zero-order valence-electron chi connectivity index (χ0n) is 8.10. The molecule has 0 heterocycles. The molecule has 0 radical (unpaired) electrons. The zero-order chi connectivity index (χ0) is 13.2. The molecular weight excluding hydrogens is 244 g/mol. The molecule has 1 rings (SSSR count). The number of rotatable bonds is 3. The van der Waals surface area contributed by atoms with Crippen molar-refractivity contribution in [2.24, 2.45) is 0 Å². The fourth-order valence-electron chi connectivity index (χ4n) is 1.09. The van der Waals surface area contributed by atoms with Crippen molar-refractivity contribution in [2.45, 2.75) is 6.36 Å².